The first-order chi connectivity index (χ1) is 16.3. The molecule has 8 heteroatoms. The van der Waals surface area contributed by atoms with Gasteiger partial charge >= 0.3 is 5.97 Å². The number of fused-ring (bicyclic) bond motifs is 1. The fourth-order valence-corrected chi connectivity index (χ4v) is 3.92. The second kappa shape index (κ2) is 9.49. The van der Waals surface area contributed by atoms with Crippen LogP contribution in [0.4, 0.5) is 5.69 Å². The quantitative estimate of drug-likeness (QED) is 0.418. The fraction of sp³-hybridized carbons (Fsp3) is 0.154. The number of amides is 3. The Labute approximate surface area is 201 Å². The summed E-state index contributed by atoms with van der Waals surface area (Å²) >= 11 is 5.97. The van der Waals surface area contributed by atoms with Crippen LogP contribution in [0, 0.1) is 13.8 Å². The van der Waals surface area contributed by atoms with Gasteiger partial charge in [0.05, 0.1) is 11.1 Å². The van der Waals surface area contributed by atoms with Crippen LogP contribution in [0.15, 0.2) is 66.7 Å². The molecule has 0 fully saturated rings. The summed E-state index contributed by atoms with van der Waals surface area (Å²) in [7, 11) is 0. The number of aryl methyl sites for hydroxylation is 2. The molecule has 3 amide bonds. The number of halogens is 1. The van der Waals surface area contributed by atoms with Crippen molar-refractivity contribution in [1.82, 2.24) is 4.90 Å². The van der Waals surface area contributed by atoms with Crippen molar-refractivity contribution in [3.8, 4) is 0 Å². The highest BCUT2D eigenvalue weighted by molar-refractivity contribution is 6.30. The minimum absolute atomic E-state index is 0.224. The van der Waals surface area contributed by atoms with Crippen molar-refractivity contribution in [3.05, 3.63) is 99.6 Å². The molecule has 0 bridgehead atoms. The third-order valence-corrected chi connectivity index (χ3v) is 5.81. The van der Waals surface area contributed by atoms with Crippen LogP contribution in [0.1, 0.15) is 43.5 Å². The first kappa shape index (κ1) is 23.2. The number of carbonyl (C=O) groups is 4. The van der Waals surface area contributed by atoms with Gasteiger partial charge in [0.25, 0.3) is 17.7 Å². The van der Waals surface area contributed by atoms with Gasteiger partial charge in [0.1, 0.15) is 6.54 Å². The lowest BCUT2D eigenvalue weighted by Gasteiger charge is -2.21. The van der Waals surface area contributed by atoms with Crippen molar-refractivity contribution in [2.45, 2.75) is 20.0 Å². The Bertz CT molecular complexity index is 1250. The largest absolute Gasteiger partial charge is 0.446 e. The molecule has 0 saturated carbocycles. The summed E-state index contributed by atoms with van der Waals surface area (Å²) in [6, 6.07) is 18.2. The van der Waals surface area contributed by atoms with Crippen LogP contribution in [0.2, 0.25) is 5.02 Å². The molecule has 0 radical (unpaired) electrons. The molecule has 1 heterocycles. The lowest BCUT2D eigenvalue weighted by atomic mass is 10.1. The Hall–Kier alpha value is -3.97. The van der Waals surface area contributed by atoms with E-state index < -0.39 is 36.3 Å². The van der Waals surface area contributed by atoms with E-state index in [0.29, 0.717) is 16.3 Å². The number of esters is 1. The Balaban J connectivity index is 1.56. The molecule has 0 aliphatic carbocycles. The maximum atomic E-state index is 13.2. The summed E-state index contributed by atoms with van der Waals surface area (Å²) in [4.78, 5) is 52.0. The lowest BCUT2D eigenvalue weighted by molar-refractivity contribution is -0.154. The van der Waals surface area contributed by atoms with E-state index >= 15 is 0 Å². The van der Waals surface area contributed by atoms with Crippen LogP contribution in [-0.4, -0.2) is 35.1 Å². The first-order valence-electron chi connectivity index (χ1n) is 10.5. The third-order valence-electron chi connectivity index (χ3n) is 5.55. The van der Waals surface area contributed by atoms with Gasteiger partial charge in [-0.1, -0.05) is 54.1 Å². The van der Waals surface area contributed by atoms with Crippen LogP contribution >= 0.6 is 11.6 Å². The van der Waals surface area contributed by atoms with Crippen LogP contribution in [0.25, 0.3) is 0 Å². The number of anilines is 1. The highest BCUT2D eigenvalue weighted by atomic mass is 35.5. The Morgan fingerprint density at radius 3 is 2.00 bits per heavy atom. The molecule has 3 aromatic rings. The van der Waals surface area contributed by atoms with Crippen LogP contribution < -0.4 is 5.32 Å². The number of benzene rings is 3. The Morgan fingerprint density at radius 2 is 1.44 bits per heavy atom. The number of hydrogen-bond donors (Lipinski definition) is 1. The van der Waals surface area contributed by atoms with Crippen LogP contribution in [0.3, 0.4) is 0 Å². The summed E-state index contributed by atoms with van der Waals surface area (Å²) in [5.74, 6) is -2.64. The molecule has 4 rings (SSSR count). The normalized spacial score (nSPS) is 13.4. The molecule has 0 aromatic heterocycles. The van der Waals surface area contributed by atoms with E-state index in [0.717, 1.165) is 16.0 Å². The SMILES string of the molecule is Cc1cccc(C)c1NC(=O)C(OC(=O)CN1C(=O)c2ccccc2C1=O)c1ccc(Cl)cc1. The molecule has 0 spiro atoms. The Kier molecular flexibility index (Phi) is 6.47. The molecule has 34 heavy (non-hydrogen) atoms. The minimum Gasteiger partial charge on any atom is -0.446 e. The van der Waals surface area contributed by atoms with Gasteiger partial charge in [0, 0.05) is 16.3 Å². The fourth-order valence-electron chi connectivity index (χ4n) is 3.79. The van der Waals surface area contributed by atoms with Gasteiger partial charge in [-0.3, -0.25) is 24.1 Å². The summed E-state index contributed by atoms with van der Waals surface area (Å²) in [6.07, 6.45) is -1.32. The zero-order valence-electron chi connectivity index (χ0n) is 18.5. The van der Waals surface area contributed by atoms with E-state index in [1.54, 1.807) is 36.4 Å². The number of rotatable bonds is 6. The number of imide groups is 1. The van der Waals surface area contributed by atoms with Crippen molar-refractivity contribution in [1.29, 1.82) is 0 Å². The third kappa shape index (κ3) is 4.56. The molecule has 172 valence electrons. The molecule has 0 saturated heterocycles. The molecule has 1 N–H and O–H groups in total. The second-order valence-corrected chi connectivity index (χ2v) is 8.36. The molecule has 7 nitrogen and oxygen atoms in total. The minimum atomic E-state index is -1.32. The number of para-hydroxylation sites is 1. The second-order valence-electron chi connectivity index (χ2n) is 7.92. The zero-order valence-corrected chi connectivity index (χ0v) is 19.3. The molecule has 1 atom stereocenters. The lowest BCUT2D eigenvalue weighted by Crippen LogP contribution is -2.37. The first-order valence-corrected chi connectivity index (χ1v) is 10.9. The molecule has 3 aromatic carbocycles. The standard InChI is InChI=1S/C26H21ClN2O5/c1-15-6-5-7-16(2)22(15)28-24(31)23(17-10-12-18(27)13-11-17)34-21(30)14-29-25(32)19-8-3-4-9-20(19)26(29)33/h3-13,23H,14H2,1-2H3,(H,28,31). The van der Waals surface area contributed by atoms with E-state index in [4.69, 9.17) is 16.3 Å². The van der Waals surface area contributed by atoms with Gasteiger partial charge < -0.3 is 10.1 Å². The molecular weight excluding hydrogens is 456 g/mol. The van der Waals surface area contributed by atoms with Gasteiger partial charge in [-0.2, -0.15) is 0 Å². The van der Waals surface area contributed by atoms with E-state index in [1.165, 1.54) is 12.1 Å². The van der Waals surface area contributed by atoms with Gasteiger partial charge in [-0.15, -0.1) is 0 Å². The molecule has 1 unspecified atom stereocenters. The molecule has 1 aliphatic heterocycles. The van der Waals surface area contributed by atoms with Gasteiger partial charge in [-0.25, -0.2) is 0 Å². The zero-order chi connectivity index (χ0) is 24.4. The number of nitrogens with one attached hydrogen (secondary N) is 1. The number of ether oxygens (including phenoxy) is 1. The van der Waals surface area contributed by atoms with E-state index in [1.807, 2.05) is 32.0 Å². The highest BCUT2D eigenvalue weighted by Gasteiger charge is 2.37. The van der Waals surface area contributed by atoms with Crippen LogP contribution in [-0.2, 0) is 14.3 Å². The van der Waals surface area contributed by atoms with E-state index in [9.17, 15) is 19.2 Å². The topological polar surface area (TPSA) is 92.8 Å². The summed E-state index contributed by atoms with van der Waals surface area (Å²) in [5.41, 5.74) is 3.15. The van der Waals surface area contributed by atoms with Crippen LogP contribution in [0.5, 0.6) is 0 Å². The van der Waals surface area contributed by atoms with E-state index in [-0.39, 0.29) is 11.1 Å². The smallest absolute Gasteiger partial charge is 0.327 e. The maximum absolute atomic E-state index is 13.2. The van der Waals surface area contributed by atoms with Crippen molar-refractivity contribution >= 4 is 41.0 Å². The number of hydrogen-bond acceptors (Lipinski definition) is 5. The summed E-state index contributed by atoms with van der Waals surface area (Å²) in [5, 5.41) is 3.28. The molecular formula is C26H21ClN2O5. The van der Waals surface area contributed by atoms with Crippen molar-refractivity contribution in [2.24, 2.45) is 0 Å². The predicted octanol–water partition coefficient (Wildman–Crippen LogP) is 4.48. The maximum Gasteiger partial charge on any atom is 0.327 e. The summed E-state index contributed by atoms with van der Waals surface area (Å²) < 4.78 is 5.51. The van der Waals surface area contributed by atoms with Crippen molar-refractivity contribution < 1.29 is 23.9 Å². The number of carbonyl (C=O) groups excluding carboxylic acids is 4. The highest BCUT2D eigenvalue weighted by Crippen LogP contribution is 2.27. The average Bonchev–Trinajstić information content (AvgIpc) is 3.05. The predicted molar refractivity (Wildman–Crippen MR) is 127 cm³/mol. The summed E-state index contributed by atoms with van der Waals surface area (Å²) in [6.45, 7) is 3.09. The number of nitrogens with zero attached hydrogens (tertiary/aromatic N) is 1. The van der Waals surface area contributed by atoms with E-state index in [2.05, 4.69) is 5.32 Å². The monoisotopic (exact) mass is 476 g/mol. The van der Waals surface area contributed by atoms with Crippen molar-refractivity contribution in [3.63, 3.8) is 0 Å². The average molecular weight is 477 g/mol. The van der Waals surface area contributed by atoms with Crippen molar-refractivity contribution in [2.75, 3.05) is 11.9 Å². The molecule has 1 aliphatic rings. The Morgan fingerprint density at radius 1 is 0.882 bits per heavy atom. The van der Waals surface area contributed by atoms with Gasteiger partial charge in [-0.05, 0) is 49.2 Å². The van der Waals surface area contributed by atoms with Gasteiger partial charge in [0.2, 0.25) is 6.10 Å². The van der Waals surface area contributed by atoms with Gasteiger partial charge in [0.15, 0.2) is 0 Å².